The Labute approximate surface area is 173 Å². The van der Waals surface area contributed by atoms with E-state index >= 15 is 0 Å². The van der Waals surface area contributed by atoms with E-state index in [0.29, 0.717) is 17.5 Å². The molecule has 8 nitrogen and oxygen atoms in total. The smallest absolute Gasteiger partial charge is 0.417 e. The highest BCUT2D eigenvalue weighted by molar-refractivity contribution is 14.1. The molecule has 3 N–H and O–H groups in total. The summed E-state index contributed by atoms with van der Waals surface area (Å²) in [6, 6.07) is 12.7. The number of aromatic nitrogens is 1. The second-order valence-corrected chi connectivity index (χ2v) is 7.25. The van der Waals surface area contributed by atoms with Gasteiger partial charge >= 0.3 is 17.7 Å². The summed E-state index contributed by atoms with van der Waals surface area (Å²) in [6.07, 6.45) is 0.501. The van der Waals surface area contributed by atoms with E-state index in [1.807, 2.05) is 36.4 Å². The van der Waals surface area contributed by atoms with Crippen LogP contribution in [0, 0.1) is 9.49 Å². The van der Waals surface area contributed by atoms with Gasteiger partial charge in [0.15, 0.2) is 11.5 Å². The van der Waals surface area contributed by atoms with Crippen LogP contribution < -0.4 is 11.7 Å². The summed E-state index contributed by atoms with van der Waals surface area (Å²) in [5.74, 6) is 1.72. The molecule has 0 saturated heterocycles. The van der Waals surface area contributed by atoms with E-state index < -0.39 is 23.6 Å². The number of hydrogen-bond donors (Lipinski definition) is 2. The molecular formula is C19H17IN2O6. The van der Waals surface area contributed by atoms with E-state index in [9.17, 15) is 14.4 Å². The predicted octanol–water partition coefficient (Wildman–Crippen LogP) is 2.43. The lowest BCUT2D eigenvalue weighted by molar-refractivity contribution is -0.163. The van der Waals surface area contributed by atoms with Gasteiger partial charge in [0.25, 0.3) is 0 Å². The molecule has 3 aromatic rings. The molecule has 1 atom stereocenters. The second kappa shape index (κ2) is 9.02. The fourth-order valence-electron chi connectivity index (χ4n) is 2.76. The Balaban J connectivity index is 1.69. The topological polar surface area (TPSA) is 125 Å². The van der Waals surface area contributed by atoms with Crippen LogP contribution in [0.5, 0.6) is 0 Å². The molecule has 1 aromatic heterocycles. The first-order chi connectivity index (χ1) is 13.5. The molecule has 0 radical (unpaired) electrons. The summed E-state index contributed by atoms with van der Waals surface area (Å²) in [6.45, 7) is 0.0480. The Morgan fingerprint density at radius 2 is 1.89 bits per heavy atom. The van der Waals surface area contributed by atoms with Crippen LogP contribution in [0.15, 0.2) is 51.7 Å². The minimum atomic E-state index is -1.15. The summed E-state index contributed by atoms with van der Waals surface area (Å²) in [5.41, 5.74) is 2.62. The molecule has 0 aliphatic heterocycles. The van der Waals surface area contributed by atoms with E-state index in [2.05, 4.69) is 32.4 Å². The van der Waals surface area contributed by atoms with Gasteiger partial charge in [0.1, 0.15) is 12.1 Å². The number of halogens is 1. The van der Waals surface area contributed by atoms with Crippen LogP contribution in [-0.4, -0.2) is 16.9 Å². The van der Waals surface area contributed by atoms with Gasteiger partial charge in [-0.2, -0.15) is 5.90 Å². The summed E-state index contributed by atoms with van der Waals surface area (Å²) < 4.78 is 11.1. The first-order valence-corrected chi connectivity index (χ1v) is 9.48. The minimum Gasteiger partial charge on any atom is -0.460 e. The Bertz CT molecular complexity index is 1040. The lowest BCUT2D eigenvalue weighted by Gasteiger charge is -2.14. The lowest BCUT2D eigenvalue weighted by Crippen LogP contribution is -2.30. The normalized spacial score (nSPS) is 11.9. The van der Waals surface area contributed by atoms with Gasteiger partial charge in [-0.25, -0.2) is 9.59 Å². The van der Waals surface area contributed by atoms with Crippen LogP contribution in [-0.2, 0) is 32.2 Å². The molecule has 0 unspecified atom stereocenters. The van der Waals surface area contributed by atoms with Crippen molar-refractivity contribution in [1.29, 1.82) is 0 Å². The van der Waals surface area contributed by atoms with E-state index in [0.717, 1.165) is 14.7 Å². The molecule has 2 aromatic carbocycles. The molecular weight excluding hydrogens is 479 g/mol. The van der Waals surface area contributed by atoms with Gasteiger partial charge in [-0.05, 0) is 58.7 Å². The monoisotopic (exact) mass is 496 g/mol. The summed E-state index contributed by atoms with van der Waals surface area (Å²) in [7, 11) is 0. The number of nitrogens with two attached hydrogens (primary N) is 1. The molecule has 0 spiro atoms. The van der Waals surface area contributed by atoms with Crippen molar-refractivity contribution >= 4 is 45.6 Å². The molecule has 0 amide bonds. The molecule has 0 fully saturated rings. The number of hydrogen-bond acceptors (Lipinski definition) is 7. The molecule has 0 saturated carbocycles. The van der Waals surface area contributed by atoms with Gasteiger partial charge in [0, 0.05) is 3.57 Å². The predicted molar refractivity (Wildman–Crippen MR) is 108 cm³/mol. The summed E-state index contributed by atoms with van der Waals surface area (Å²) >= 11 is 2.07. The molecule has 146 valence electrons. The average molecular weight is 496 g/mol. The highest BCUT2D eigenvalue weighted by Crippen LogP contribution is 2.22. The third kappa shape index (κ3) is 4.78. The SMILES string of the molecule is NOC(=O)[C@H](CCc1cc(I)c2[nH]c(=O)oc2c1)C(=O)OCc1ccccc1. The summed E-state index contributed by atoms with van der Waals surface area (Å²) in [4.78, 5) is 42.6. The van der Waals surface area contributed by atoms with Crippen molar-refractivity contribution in [2.75, 3.05) is 0 Å². The van der Waals surface area contributed by atoms with Gasteiger partial charge in [-0.15, -0.1) is 0 Å². The third-order valence-corrected chi connectivity index (χ3v) is 5.03. The highest BCUT2D eigenvalue weighted by Gasteiger charge is 2.29. The Morgan fingerprint density at radius 1 is 1.14 bits per heavy atom. The Morgan fingerprint density at radius 3 is 2.61 bits per heavy atom. The lowest BCUT2D eigenvalue weighted by atomic mass is 9.99. The van der Waals surface area contributed by atoms with Crippen LogP contribution in [0.25, 0.3) is 11.1 Å². The van der Waals surface area contributed by atoms with Gasteiger partial charge < -0.3 is 14.0 Å². The van der Waals surface area contributed by atoms with Crippen molar-refractivity contribution in [1.82, 2.24) is 4.98 Å². The maximum atomic E-state index is 12.4. The largest absolute Gasteiger partial charge is 0.460 e. The maximum Gasteiger partial charge on any atom is 0.417 e. The number of carbonyl (C=O) groups is 2. The number of nitrogens with one attached hydrogen (secondary N) is 1. The van der Waals surface area contributed by atoms with Crippen molar-refractivity contribution in [2.45, 2.75) is 19.4 Å². The number of rotatable bonds is 7. The number of ether oxygens (including phenoxy) is 1. The van der Waals surface area contributed by atoms with E-state index in [-0.39, 0.29) is 13.0 Å². The number of oxazole rings is 1. The molecule has 0 aliphatic rings. The van der Waals surface area contributed by atoms with E-state index in [1.165, 1.54) is 0 Å². The number of aryl methyl sites for hydroxylation is 1. The molecule has 0 aliphatic carbocycles. The van der Waals surface area contributed by atoms with Crippen molar-refractivity contribution in [3.8, 4) is 0 Å². The van der Waals surface area contributed by atoms with Crippen LogP contribution in [0.1, 0.15) is 17.5 Å². The van der Waals surface area contributed by atoms with Crippen molar-refractivity contribution in [2.24, 2.45) is 11.8 Å². The highest BCUT2D eigenvalue weighted by atomic mass is 127. The first-order valence-electron chi connectivity index (χ1n) is 8.40. The standard InChI is InChI=1S/C19H17IN2O6/c20-14-8-12(9-15-16(14)22-19(25)27-15)6-7-13(18(24)28-21)17(23)26-10-11-4-2-1-3-5-11/h1-5,8-9,13H,6-7,10,21H2,(H,22,25)/t13-/m1/s1. The number of esters is 1. The molecule has 9 heteroatoms. The van der Waals surface area contributed by atoms with Gasteiger partial charge in [0.2, 0.25) is 0 Å². The van der Waals surface area contributed by atoms with Crippen molar-refractivity contribution in [3.63, 3.8) is 0 Å². The number of benzene rings is 2. The number of carbonyl (C=O) groups excluding carboxylic acids is 2. The zero-order valence-corrected chi connectivity index (χ0v) is 16.8. The zero-order chi connectivity index (χ0) is 20.1. The van der Waals surface area contributed by atoms with E-state index in [1.54, 1.807) is 6.07 Å². The van der Waals surface area contributed by atoms with Crippen LogP contribution in [0.3, 0.4) is 0 Å². The molecule has 1 heterocycles. The number of H-pyrrole nitrogens is 1. The van der Waals surface area contributed by atoms with Gasteiger partial charge in [-0.3, -0.25) is 9.78 Å². The fraction of sp³-hybridized carbons (Fsp3) is 0.211. The van der Waals surface area contributed by atoms with Gasteiger partial charge in [-0.1, -0.05) is 30.3 Å². The first kappa shape index (κ1) is 20.1. The van der Waals surface area contributed by atoms with Crippen LogP contribution in [0.2, 0.25) is 0 Å². The van der Waals surface area contributed by atoms with Crippen molar-refractivity contribution in [3.05, 3.63) is 67.7 Å². The Hall–Kier alpha value is -2.66. The second-order valence-electron chi connectivity index (χ2n) is 6.09. The fourth-order valence-corrected chi connectivity index (χ4v) is 3.56. The van der Waals surface area contributed by atoms with Crippen LogP contribution >= 0.6 is 22.6 Å². The third-order valence-electron chi connectivity index (χ3n) is 4.17. The Kier molecular flexibility index (Phi) is 6.47. The van der Waals surface area contributed by atoms with Crippen LogP contribution in [0.4, 0.5) is 0 Å². The molecule has 28 heavy (non-hydrogen) atoms. The average Bonchev–Trinajstić information content (AvgIpc) is 3.08. The maximum absolute atomic E-state index is 12.4. The summed E-state index contributed by atoms with van der Waals surface area (Å²) in [5, 5.41) is 0. The molecule has 3 rings (SSSR count). The van der Waals surface area contributed by atoms with E-state index in [4.69, 9.17) is 15.1 Å². The number of aromatic amines is 1. The quantitative estimate of drug-likeness (QED) is 0.223. The van der Waals surface area contributed by atoms with Gasteiger partial charge in [0.05, 0.1) is 0 Å². The number of fused-ring (bicyclic) bond motifs is 1. The zero-order valence-electron chi connectivity index (χ0n) is 14.6. The van der Waals surface area contributed by atoms with Crippen molar-refractivity contribution < 1.29 is 23.6 Å². The molecule has 0 bridgehead atoms. The minimum absolute atomic E-state index is 0.0480.